The number of hydrogen-bond donors (Lipinski definition) is 1. The van der Waals surface area contributed by atoms with Gasteiger partial charge in [-0.05, 0) is 11.6 Å². The van der Waals surface area contributed by atoms with E-state index < -0.39 is 10.0 Å². The lowest BCUT2D eigenvalue weighted by Gasteiger charge is -2.25. The first-order valence-corrected chi connectivity index (χ1v) is 7.13. The fourth-order valence-corrected chi connectivity index (χ4v) is 2.91. The molecule has 1 heterocycles. The summed E-state index contributed by atoms with van der Waals surface area (Å²) in [5, 5.41) is 4.42. The molecular formula is C12H16N2O2S. The van der Waals surface area contributed by atoms with Gasteiger partial charge in [-0.15, -0.1) is 0 Å². The van der Waals surface area contributed by atoms with E-state index in [4.69, 9.17) is 0 Å². The molecule has 0 unspecified atom stereocenters. The van der Waals surface area contributed by atoms with Crippen LogP contribution in [0.1, 0.15) is 5.56 Å². The van der Waals surface area contributed by atoms with E-state index in [1.807, 2.05) is 30.3 Å². The van der Waals surface area contributed by atoms with Gasteiger partial charge in [-0.1, -0.05) is 30.3 Å². The molecule has 1 aliphatic rings. The third kappa shape index (κ3) is 3.39. The SMILES string of the molecule is O=S(=O)(C=Cc1ccccc1)N1CCNCC1. The van der Waals surface area contributed by atoms with Crippen molar-refractivity contribution in [2.75, 3.05) is 26.2 Å². The third-order valence-corrected chi connectivity index (χ3v) is 4.23. The van der Waals surface area contributed by atoms with Gasteiger partial charge in [0.1, 0.15) is 0 Å². The molecule has 1 N–H and O–H groups in total. The van der Waals surface area contributed by atoms with Gasteiger partial charge in [0.25, 0.3) is 0 Å². The van der Waals surface area contributed by atoms with Crippen LogP contribution in [-0.4, -0.2) is 38.9 Å². The summed E-state index contributed by atoms with van der Waals surface area (Å²) in [6.07, 6.45) is 1.64. The lowest BCUT2D eigenvalue weighted by Crippen LogP contribution is -2.45. The smallest absolute Gasteiger partial charge is 0.236 e. The molecule has 0 amide bonds. The van der Waals surface area contributed by atoms with Crippen LogP contribution in [0.25, 0.3) is 6.08 Å². The van der Waals surface area contributed by atoms with Gasteiger partial charge >= 0.3 is 0 Å². The molecule has 4 nitrogen and oxygen atoms in total. The van der Waals surface area contributed by atoms with Gasteiger partial charge in [-0.3, -0.25) is 0 Å². The van der Waals surface area contributed by atoms with Gasteiger partial charge in [0.15, 0.2) is 0 Å². The predicted octanol–water partition coefficient (Wildman–Crippen LogP) is 0.892. The first kappa shape index (κ1) is 12.3. The Morgan fingerprint density at radius 1 is 1.12 bits per heavy atom. The summed E-state index contributed by atoms with van der Waals surface area (Å²) in [5.74, 6) is 0. The van der Waals surface area contributed by atoms with Crippen LogP contribution in [0.4, 0.5) is 0 Å². The van der Waals surface area contributed by atoms with Gasteiger partial charge in [0.2, 0.25) is 10.0 Å². The molecule has 0 aromatic heterocycles. The molecule has 92 valence electrons. The van der Waals surface area contributed by atoms with Gasteiger partial charge in [-0.2, -0.15) is 4.31 Å². The Labute approximate surface area is 102 Å². The normalized spacial score (nSPS) is 18.6. The molecule has 2 rings (SSSR count). The Bertz CT molecular complexity index is 476. The molecule has 1 aromatic carbocycles. The van der Waals surface area contributed by atoms with E-state index in [0.717, 1.165) is 18.7 Å². The zero-order valence-electron chi connectivity index (χ0n) is 9.54. The summed E-state index contributed by atoms with van der Waals surface area (Å²) in [6.45, 7) is 2.53. The van der Waals surface area contributed by atoms with Gasteiger partial charge < -0.3 is 5.32 Å². The van der Waals surface area contributed by atoms with E-state index >= 15 is 0 Å². The van der Waals surface area contributed by atoms with Crippen molar-refractivity contribution in [3.8, 4) is 0 Å². The Kier molecular flexibility index (Phi) is 3.93. The van der Waals surface area contributed by atoms with E-state index in [1.54, 1.807) is 6.08 Å². The summed E-state index contributed by atoms with van der Waals surface area (Å²) >= 11 is 0. The van der Waals surface area contributed by atoms with Crippen LogP contribution in [0.2, 0.25) is 0 Å². The number of sulfonamides is 1. The van der Waals surface area contributed by atoms with Crippen molar-refractivity contribution in [3.05, 3.63) is 41.3 Å². The maximum absolute atomic E-state index is 12.0. The zero-order valence-corrected chi connectivity index (χ0v) is 10.4. The molecule has 1 aliphatic heterocycles. The summed E-state index contributed by atoms with van der Waals surface area (Å²) in [6, 6.07) is 9.43. The highest BCUT2D eigenvalue weighted by atomic mass is 32.2. The second-order valence-electron chi connectivity index (χ2n) is 3.91. The monoisotopic (exact) mass is 252 g/mol. The second-order valence-corrected chi connectivity index (χ2v) is 5.73. The van der Waals surface area contributed by atoms with Crippen molar-refractivity contribution in [2.24, 2.45) is 0 Å². The van der Waals surface area contributed by atoms with Crippen molar-refractivity contribution < 1.29 is 8.42 Å². The van der Waals surface area contributed by atoms with E-state index in [-0.39, 0.29) is 0 Å². The van der Waals surface area contributed by atoms with E-state index in [9.17, 15) is 8.42 Å². The summed E-state index contributed by atoms with van der Waals surface area (Å²) in [7, 11) is -3.27. The molecule has 1 fully saturated rings. The van der Waals surface area contributed by atoms with Crippen molar-refractivity contribution >= 4 is 16.1 Å². The zero-order chi connectivity index (χ0) is 12.1. The average molecular weight is 252 g/mol. The molecule has 0 atom stereocenters. The number of benzene rings is 1. The Morgan fingerprint density at radius 2 is 1.76 bits per heavy atom. The first-order valence-electron chi connectivity index (χ1n) is 5.62. The van der Waals surface area contributed by atoms with Crippen molar-refractivity contribution in [1.82, 2.24) is 9.62 Å². The standard InChI is InChI=1S/C12H16N2O2S/c15-17(16,14-9-7-13-8-10-14)11-6-12-4-2-1-3-5-12/h1-6,11,13H,7-10H2. The minimum atomic E-state index is -3.27. The largest absolute Gasteiger partial charge is 0.314 e. The molecule has 0 aliphatic carbocycles. The fraction of sp³-hybridized carbons (Fsp3) is 0.333. The molecule has 17 heavy (non-hydrogen) atoms. The predicted molar refractivity (Wildman–Crippen MR) is 68.8 cm³/mol. The lowest BCUT2D eigenvalue weighted by molar-refractivity contribution is 0.364. The molecular weight excluding hydrogens is 236 g/mol. The van der Waals surface area contributed by atoms with Crippen LogP contribution >= 0.6 is 0 Å². The minimum Gasteiger partial charge on any atom is -0.314 e. The average Bonchev–Trinajstić information content (AvgIpc) is 2.39. The molecule has 0 spiro atoms. The van der Waals surface area contributed by atoms with Gasteiger partial charge in [-0.25, -0.2) is 8.42 Å². The second kappa shape index (κ2) is 5.44. The third-order valence-electron chi connectivity index (χ3n) is 2.67. The molecule has 0 bridgehead atoms. The van der Waals surface area contributed by atoms with Crippen LogP contribution in [0, 0.1) is 0 Å². The van der Waals surface area contributed by atoms with Gasteiger partial charge in [0, 0.05) is 31.6 Å². The Balaban J connectivity index is 2.09. The van der Waals surface area contributed by atoms with Crippen LogP contribution in [0.5, 0.6) is 0 Å². The summed E-state index contributed by atoms with van der Waals surface area (Å²) in [5.41, 5.74) is 0.895. The quantitative estimate of drug-likeness (QED) is 0.869. The highest BCUT2D eigenvalue weighted by Gasteiger charge is 2.20. The molecule has 0 saturated carbocycles. The molecule has 5 heteroatoms. The number of hydrogen-bond acceptors (Lipinski definition) is 3. The summed E-state index contributed by atoms with van der Waals surface area (Å²) in [4.78, 5) is 0. The Morgan fingerprint density at radius 3 is 2.41 bits per heavy atom. The lowest BCUT2D eigenvalue weighted by atomic mass is 10.2. The van der Waals surface area contributed by atoms with Crippen LogP contribution < -0.4 is 5.32 Å². The minimum absolute atomic E-state index is 0.543. The topological polar surface area (TPSA) is 49.4 Å². The van der Waals surface area contributed by atoms with Crippen LogP contribution in [0.3, 0.4) is 0 Å². The number of nitrogens with zero attached hydrogens (tertiary/aromatic N) is 1. The molecule has 1 saturated heterocycles. The van der Waals surface area contributed by atoms with Crippen molar-refractivity contribution in [3.63, 3.8) is 0 Å². The fourth-order valence-electron chi connectivity index (χ4n) is 1.71. The number of piperazine rings is 1. The maximum atomic E-state index is 12.0. The highest BCUT2D eigenvalue weighted by Crippen LogP contribution is 2.08. The van der Waals surface area contributed by atoms with Crippen LogP contribution in [0.15, 0.2) is 35.7 Å². The van der Waals surface area contributed by atoms with Crippen molar-refractivity contribution in [2.45, 2.75) is 0 Å². The molecule has 0 radical (unpaired) electrons. The van der Waals surface area contributed by atoms with Gasteiger partial charge in [0.05, 0.1) is 0 Å². The van der Waals surface area contributed by atoms with Crippen LogP contribution in [-0.2, 0) is 10.0 Å². The summed E-state index contributed by atoms with van der Waals surface area (Å²) < 4.78 is 25.4. The van der Waals surface area contributed by atoms with E-state index in [0.29, 0.717) is 13.1 Å². The molecule has 1 aromatic rings. The highest BCUT2D eigenvalue weighted by molar-refractivity contribution is 7.92. The Hall–Kier alpha value is -1.17. The number of rotatable bonds is 3. The van der Waals surface area contributed by atoms with Crippen molar-refractivity contribution in [1.29, 1.82) is 0 Å². The maximum Gasteiger partial charge on any atom is 0.236 e. The van der Waals surface area contributed by atoms with E-state index in [1.165, 1.54) is 9.71 Å². The number of nitrogens with one attached hydrogen (secondary N) is 1. The van der Waals surface area contributed by atoms with E-state index in [2.05, 4.69) is 5.32 Å². The first-order chi connectivity index (χ1) is 8.18.